The van der Waals surface area contributed by atoms with Gasteiger partial charge in [-0.25, -0.2) is 9.48 Å². The first-order chi connectivity index (χ1) is 11.8. The summed E-state index contributed by atoms with van der Waals surface area (Å²) >= 11 is 0. The number of hydrogen-bond donors (Lipinski definition) is 2. The number of rotatable bonds is 7. The molecule has 1 aromatic carbocycles. The molecule has 4 N–H and O–H groups in total. The maximum Gasteiger partial charge on any atom is 0.347 e. The van der Waals surface area contributed by atoms with Crippen molar-refractivity contribution in [1.82, 2.24) is 9.78 Å². The Balaban J connectivity index is 1.87. The quantitative estimate of drug-likeness (QED) is 0.726. The summed E-state index contributed by atoms with van der Waals surface area (Å²) in [7, 11) is 0. The van der Waals surface area contributed by atoms with Gasteiger partial charge in [0.1, 0.15) is 23.7 Å². The summed E-state index contributed by atoms with van der Waals surface area (Å²) in [6.45, 7) is 5.78. The molecule has 0 saturated carbocycles. The van der Waals surface area contributed by atoms with Gasteiger partial charge >= 0.3 is 5.97 Å². The molecule has 0 bridgehead atoms. The van der Waals surface area contributed by atoms with Crippen molar-refractivity contribution in [2.24, 2.45) is 5.73 Å². The van der Waals surface area contributed by atoms with Crippen LogP contribution in [0.3, 0.4) is 0 Å². The predicted octanol–water partition coefficient (Wildman–Crippen LogP) is 1.19. The first kappa shape index (κ1) is 18.3. The number of aromatic nitrogens is 2. The van der Waals surface area contributed by atoms with E-state index in [0.717, 1.165) is 11.1 Å². The molecule has 8 heteroatoms. The van der Waals surface area contributed by atoms with Gasteiger partial charge in [-0.15, -0.1) is 0 Å². The number of hydrogen-bond acceptors (Lipinski definition) is 6. The number of nitrogen functional groups attached to an aromatic ring is 1. The van der Waals surface area contributed by atoms with Crippen LogP contribution in [0.15, 0.2) is 24.4 Å². The second kappa shape index (κ2) is 7.69. The Hall–Kier alpha value is -3.03. The Morgan fingerprint density at radius 2 is 2.04 bits per heavy atom. The minimum atomic E-state index is -0.753. The van der Waals surface area contributed by atoms with Crippen LogP contribution in [-0.2, 0) is 16.1 Å². The van der Waals surface area contributed by atoms with Gasteiger partial charge in [-0.2, -0.15) is 5.10 Å². The van der Waals surface area contributed by atoms with Crippen LogP contribution < -0.4 is 16.2 Å². The second-order valence-electron chi connectivity index (χ2n) is 5.66. The van der Waals surface area contributed by atoms with E-state index in [1.807, 2.05) is 32.0 Å². The Morgan fingerprint density at radius 1 is 1.32 bits per heavy atom. The third-order valence-corrected chi connectivity index (χ3v) is 3.88. The van der Waals surface area contributed by atoms with Crippen molar-refractivity contribution in [3.8, 4) is 5.75 Å². The molecule has 8 nitrogen and oxygen atoms in total. The van der Waals surface area contributed by atoms with Crippen molar-refractivity contribution in [3.63, 3.8) is 0 Å². The normalized spacial score (nSPS) is 11.8. The number of amides is 1. The van der Waals surface area contributed by atoms with E-state index in [1.165, 1.54) is 10.9 Å². The largest absolute Gasteiger partial charge is 0.479 e. The van der Waals surface area contributed by atoms with Crippen molar-refractivity contribution in [2.75, 3.05) is 12.3 Å². The molecule has 0 fully saturated rings. The summed E-state index contributed by atoms with van der Waals surface area (Å²) in [5.41, 5.74) is 13.1. The van der Waals surface area contributed by atoms with E-state index in [2.05, 4.69) is 5.10 Å². The highest BCUT2D eigenvalue weighted by molar-refractivity contribution is 5.96. The zero-order chi connectivity index (χ0) is 18.6. The fraction of sp³-hybridized carbons (Fsp3) is 0.353. The van der Waals surface area contributed by atoms with E-state index >= 15 is 0 Å². The van der Waals surface area contributed by atoms with Crippen molar-refractivity contribution < 1.29 is 19.1 Å². The number of nitrogens with two attached hydrogens (primary N) is 2. The summed E-state index contributed by atoms with van der Waals surface area (Å²) in [5.74, 6) is -0.367. The van der Waals surface area contributed by atoms with Crippen LogP contribution in [0.4, 0.5) is 5.82 Å². The summed E-state index contributed by atoms with van der Waals surface area (Å²) in [6, 6.07) is 5.65. The Bertz CT molecular complexity index is 785. The summed E-state index contributed by atoms with van der Waals surface area (Å²) in [5, 5.41) is 3.94. The molecule has 0 aliphatic carbocycles. The third-order valence-electron chi connectivity index (χ3n) is 3.88. The van der Waals surface area contributed by atoms with Crippen molar-refractivity contribution >= 4 is 17.7 Å². The number of ether oxygens (including phenoxy) is 2. The molecule has 0 aliphatic heterocycles. The molecule has 2 rings (SSSR count). The van der Waals surface area contributed by atoms with Gasteiger partial charge < -0.3 is 20.9 Å². The van der Waals surface area contributed by atoms with Gasteiger partial charge in [0.05, 0.1) is 12.7 Å². The molecule has 0 saturated heterocycles. The van der Waals surface area contributed by atoms with Gasteiger partial charge in [-0.05, 0) is 38.0 Å². The van der Waals surface area contributed by atoms with Crippen molar-refractivity contribution in [2.45, 2.75) is 33.4 Å². The van der Waals surface area contributed by atoms with Crippen LogP contribution in [0, 0.1) is 13.8 Å². The Labute approximate surface area is 145 Å². The van der Waals surface area contributed by atoms with Gasteiger partial charge in [-0.3, -0.25) is 4.79 Å². The maximum atomic E-state index is 12.0. The average Bonchev–Trinajstić information content (AvgIpc) is 2.93. The van der Waals surface area contributed by atoms with Gasteiger partial charge in [0.25, 0.3) is 5.91 Å². The van der Waals surface area contributed by atoms with Crippen LogP contribution in [-0.4, -0.2) is 34.4 Å². The molecule has 1 amide bonds. The number of carbonyl (C=O) groups excluding carboxylic acids is 2. The van der Waals surface area contributed by atoms with Gasteiger partial charge in [-0.1, -0.05) is 12.1 Å². The molecular formula is C17H22N4O4. The molecule has 134 valence electrons. The first-order valence-corrected chi connectivity index (χ1v) is 7.81. The van der Waals surface area contributed by atoms with Crippen LogP contribution in [0.1, 0.15) is 28.4 Å². The van der Waals surface area contributed by atoms with Crippen LogP contribution >= 0.6 is 0 Å². The fourth-order valence-corrected chi connectivity index (χ4v) is 2.20. The zero-order valence-corrected chi connectivity index (χ0v) is 14.5. The number of primary amides is 1. The monoisotopic (exact) mass is 346 g/mol. The molecule has 0 spiro atoms. The Kier molecular flexibility index (Phi) is 5.63. The number of carbonyl (C=O) groups is 2. The van der Waals surface area contributed by atoms with Gasteiger partial charge in [0.15, 0.2) is 6.10 Å². The van der Waals surface area contributed by atoms with Crippen LogP contribution in [0.25, 0.3) is 0 Å². The van der Waals surface area contributed by atoms with Crippen LogP contribution in [0.2, 0.25) is 0 Å². The molecule has 1 atom stereocenters. The van der Waals surface area contributed by atoms with E-state index in [1.54, 1.807) is 6.92 Å². The first-order valence-electron chi connectivity index (χ1n) is 7.81. The highest BCUT2D eigenvalue weighted by Crippen LogP contribution is 2.22. The number of anilines is 1. The lowest BCUT2D eigenvalue weighted by Crippen LogP contribution is -2.27. The number of benzene rings is 1. The summed E-state index contributed by atoms with van der Waals surface area (Å²) in [4.78, 5) is 23.2. The molecule has 2 aromatic rings. The second-order valence-corrected chi connectivity index (χ2v) is 5.66. The molecule has 1 heterocycles. The lowest BCUT2D eigenvalue weighted by Gasteiger charge is -2.16. The van der Waals surface area contributed by atoms with Crippen molar-refractivity contribution in [3.05, 3.63) is 41.1 Å². The SMILES string of the molecule is Cc1cccc(OC(C)C(=O)OCCn2ncc(C(N)=O)c2N)c1C. The summed E-state index contributed by atoms with van der Waals surface area (Å²) < 4.78 is 12.2. The molecule has 0 aliphatic rings. The molecular weight excluding hydrogens is 324 g/mol. The third kappa shape index (κ3) is 4.28. The average molecular weight is 346 g/mol. The minimum absolute atomic E-state index is 0.0451. The Morgan fingerprint density at radius 3 is 2.68 bits per heavy atom. The molecule has 0 radical (unpaired) electrons. The smallest absolute Gasteiger partial charge is 0.347 e. The molecule has 1 unspecified atom stereocenters. The van der Waals surface area contributed by atoms with Gasteiger partial charge in [0.2, 0.25) is 0 Å². The lowest BCUT2D eigenvalue weighted by atomic mass is 10.1. The number of nitrogens with zero attached hydrogens (tertiary/aromatic N) is 2. The highest BCUT2D eigenvalue weighted by Gasteiger charge is 2.18. The van der Waals surface area contributed by atoms with Crippen LogP contribution in [0.5, 0.6) is 5.75 Å². The van der Waals surface area contributed by atoms with Crippen molar-refractivity contribution in [1.29, 1.82) is 0 Å². The van der Waals surface area contributed by atoms with E-state index in [-0.39, 0.29) is 24.5 Å². The summed E-state index contributed by atoms with van der Waals surface area (Å²) in [6.07, 6.45) is 0.530. The van der Waals surface area contributed by atoms with Gasteiger partial charge in [0, 0.05) is 0 Å². The number of aryl methyl sites for hydroxylation is 1. The van der Waals surface area contributed by atoms with E-state index in [4.69, 9.17) is 20.9 Å². The van der Waals surface area contributed by atoms with E-state index < -0.39 is 18.0 Å². The molecule has 1 aromatic heterocycles. The molecule has 25 heavy (non-hydrogen) atoms. The zero-order valence-electron chi connectivity index (χ0n) is 14.5. The lowest BCUT2D eigenvalue weighted by molar-refractivity contribution is -0.151. The highest BCUT2D eigenvalue weighted by atomic mass is 16.6. The fourth-order valence-electron chi connectivity index (χ4n) is 2.20. The topological polar surface area (TPSA) is 122 Å². The standard InChI is InChI=1S/C17H22N4O4/c1-10-5-4-6-14(11(10)2)25-12(3)17(23)24-8-7-21-15(18)13(9-20-21)16(19)22/h4-6,9,12H,7-8,18H2,1-3H3,(H2,19,22). The van der Waals surface area contributed by atoms with E-state index in [9.17, 15) is 9.59 Å². The number of esters is 1. The predicted molar refractivity (Wildman–Crippen MR) is 92.1 cm³/mol. The minimum Gasteiger partial charge on any atom is -0.479 e. The maximum absolute atomic E-state index is 12.0. The van der Waals surface area contributed by atoms with E-state index in [0.29, 0.717) is 5.75 Å².